The van der Waals surface area contributed by atoms with Gasteiger partial charge in [-0.25, -0.2) is 28.7 Å². The summed E-state index contributed by atoms with van der Waals surface area (Å²) in [6.07, 6.45) is -1.61. The molecule has 0 unspecified atom stereocenters. The lowest BCUT2D eigenvalue weighted by molar-refractivity contribution is -0.884. The molecule has 5 aromatic rings. The third-order valence-corrected chi connectivity index (χ3v) is 7.17. The number of carbonyl (C=O) groups excluding carboxylic acids is 1. The molecule has 1 amide bonds. The summed E-state index contributed by atoms with van der Waals surface area (Å²) in [7, 11) is 5.97. The molecule has 0 saturated carbocycles. The van der Waals surface area contributed by atoms with E-state index >= 15 is 0 Å². The number of rotatable bonds is 7. The van der Waals surface area contributed by atoms with Crippen LogP contribution in [0.3, 0.4) is 0 Å². The lowest BCUT2D eigenvalue weighted by Crippen LogP contribution is -2.46. The topological polar surface area (TPSA) is 104 Å². The van der Waals surface area contributed by atoms with Crippen molar-refractivity contribution in [1.82, 2.24) is 29.2 Å². The van der Waals surface area contributed by atoms with Crippen LogP contribution in [-0.2, 0) is 18.3 Å². The Kier molecular flexibility index (Phi) is 8.00. The van der Waals surface area contributed by atoms with E-state index in [1.807, 2.05) is 21.1 Å². The summed E-state index contributed by atoms with van der Waals surface area (Å²) in [5.41, 5.74) is -1.58. The van der Waals surface area contributed by atoms with Gasteiger partial charge < -0.3 is 14.2 Å². The van der Waals surface area contributed by atoms with Gasteiger partial charge in [0.1, 0.15) is 17.8 Å². The predicted octanol–water partition coefficient (Wildman–Crippen LogP) is 6.06. The van der Waals surface area contributed by atoms with Gasteiger partial charge in [0.2, 0.25) is 5.89 Å². The number of amides is 1. The Bertz CT molecular complexity index is 2020. The maximum Gasteiger partial charge on any atom is 0.416 e. The van der Waals surface area contributed by atoms with Gasteiger partial charge in [-0.3, -0.25) is 4.57 Å². The quantitative estimate of drug-likeness (QED) is 0.174. The van der Waals surface area contributed by atoms with E-state index in [9.17, 15) is 22.8 Å². The van der Waals surface area contributed by atoms with Gasteiger partial charge in [0.05, 0.1) is 68.4 Å². The molecule has 2 aromatic carbocycles. The van der Waals surface area contributed by atoms with Gasteiger partial charge in [0.25, 0.3) is 0 Å². The average Bonchev–Trinajstić information content (AvgIpc) is 3.70. The number of oxazole rings is 1. The van der Waals surface area contributed by atoms with E-state index < -0.39 is 29.0 Å². The summed E-state index contributed by atoms with van der Waals surface area (Å²) in [6.45, 7) is 12.6. The molecule has 0 aliphatic rings. The maximum absolute atomic E-state index is 14.1. The van der Waals surface area contributed by atoms with Gasteiger partial charge in [-0.1, -0.05) is 18.2 Å². The highest BCUT2D eigenvalue weighted by Gasteiger charge is 2.35. The van der Waals surface area contributed by atoms with E-state index in [0.29, 0.717) is 33.9 Å². The van der Waals surface area contributed by atoms with Crippen molar-refractivity contribution in [2.45, 2.75) is 39.0 Å². The number of imidazole rings is 1. The Hall–Kier alpha value is -5.42. The highest BCUT2D eigenvalue weighted by atomic mass is 19.4. The number of benzene rings is 2. The Balaban J connectivity index is 1.66. The fourth-order valence-corrected chi connectivity index (χ4v) is 5.09. The first kappa shape index (κ1) is 32.0. The number of quaternary nitrogens is 1. The largest absolute Gasteiger partial charge is 0.437 e. The molecular weight excluding hydrogens is 601 g/mol. The second-order valence-electron chi connectivity index (χ2n) is 12.3. The van der Waals surface area contributed by atoms with Crippen LogP contribution < -0.4 is 11.0 Å². The number of alkyl halides is 3. The fraction of sp³-hybridized carbons (Fsp3) is 0.281. The minimum atomic E-state index is -4.66. The standard InChI is InChI=1S/C32H31F3N8O3/c1-20-27(26-15-16-38-42(26)23-13-11-22(36-4)12-14-23)41(30(45)40(20)24-10-8-9-21(17-24)32(33,34)35)29(44)39-31(2,3)28-37-18-25(46-28)19-43(5,6)7/h8-18H,19H2,1-3,5-7H3/p+1. The number of nitrogens with one attached hydrogen (secondary N) is 1. The SMILES string of the molecule is [C-]#[N+]c1ccc(-n2nccc2-c2c(C)n(-c3cccc(C(F)(F)F)c3)c(=O)n2C(=O)NC(C)(C)c2ncc(C[N+](C)(C)C)o2)cc1. The van der Waals surface area contributed by atoms with Gasteiger partial charge in [0.15, 0.2) is 11.4 Å². The molecule has 0 spiro atoms. The van der Waals surface area contributed by atoms with Crippen molar-refractivity contribution >= 4 is 11.7 Å². The third-order valence-electron chi connectivity index (χ3n) is 7.17. The molecule has 0 atom stereocenters. The van der Waals surface area contributed by atoms with Crippen molar-refractivity contribution in [2.75, 3.05) is 21.1 Å². The van der Waals surface area contributed by atoms with Crippen molar-refractivity contribution < 1.29 is 26.9 Å². The van der Waals surface area contributed by atoms with Crippen molar-refractivity contribution in [1.29, 1.82) is 0 Å². The predicted molar refractivity (Wildman–Crippen MR) is 164 cm³/mol. The van der Waals surface area contributed by atoms with E-state index in [0.717, 1.165) is 21.3 Å². The van der Waals surface area contributed by atoms with Crippen LogP contribution in [0.15, 0.2) is 76.2 Å². The Morgan fingerprint density at radius 1 is 1.07 bits per heavy atom. The van der Waals surface area contributed by atoms with Crippen molar-refractivity contribution in [3.8, 4) is 22.8 Å². The van der Waals surface area contributed by atoms with Crippen LogP contribution in [0.1, 0.15) is 36.8 Å². The zero-order valence-corrected chi connectivity index (χ0v) is 26.0. The molecule has 0 saturated heterocycles. The highest BCUT2D eigenvalue weighted by Crippen LogP contribution is 2.32. The zero-order valence-electron chi connectivity index (χ0n) is 26.0. The molecule has 1 N–H and O–H groups in total. The third kappa shape index (κ3) is 6.22. The van der Waals surface area contributed by atoms with Crippen LogP contribution >= 0.6 is 0 Å². The lowest BCUT2D eigenvalue weighted by atomic mass is 10.1. The number of halogens is 3. The van der Waals surface area contributed by atoms with E-state index in [2.05, 4.69) is 20.2 Å². The smallest absolute Gasteiger partial charge is 0.416 e. The van der Waals surface area contributed by atoms with Crippen LogP contribution in [-0.4, -0.2) is 55.6 Å². The summed E-state index contributed by atoms with van der Waals surface area (Å²) >= 11 is 0. The average molecular weight is 634 g/mol. The van der Waals surface area contributed by atoms with Gasteiger partial charge in [-0.2, -0.15) is 18.3 Å². The molecule has 0 aliphatic carbocycles. The van der Waals surface area contributed by atoms with Gasteiger partial charge in [-0.15, -0.1) is 0 Å². The second-order valence-corrected chi connectivity index (χ2v) is 12.3. The number of aromatic nitrogens is 5. The van der Waals surface area contributed by atoms with Crippen LogP contribution in [0.4, 0.5) is 23.7 Å². The van der Waals surface area contributed by atoms with Crippen LogP contribution in [0.5, 0.6) is 0 Å². The fourth-order valence-electron chi connectivity index (χ4n) is 5.09. The first-order valence-electron chi connectivity index (χ1n) is 14.1. The first-order valence-corrected chi connectivity index (χ1v) is 14.1. The molecule has 14 heteroatoms. The summed E-state index contributed by atoms with van der Waals surface area (Å²) in [5.74, 6) is 0.806. The molecule has 5 rings (SSSR count). The number of hydrogen-bond donors (Lipinski definition) is 1. The molecule has 0 fully saturated rings. The molecule has 238 valence electrons. The molecule has 11 nitrogen and oxygen atoms in total. The molecule has 46 heavy (non-hydrogen) atoms. The van der Waals surface area contributed by atoms with Gasteiger partial charge >= 0.3 is 17.9 Å². The Morgan fingerprint density at radius 3 is 2.39 bits per heavy atom. The first-order chi connectivity index (χ1) is 21.5. The molecule has 0 radical (unpaired) electrons. The highest BCUT2D eigenvalue weighted by molar-refractivity contribution is 5.84. The molecule has 3 aromatic heterocycles. The monoisotopic (exact) mass is 633 g/mol. The zero-order chi connectivity index (χ0) is 33.6. The minimum Gasteiger partial charge on any atom is -0.437 e. The molecule has 0 aliphatic heterocycles. The molecule has 3 heterocycles. The molecular formula is C32H32F3N8O3+. The minimum absolute atomic E-state index is 0.0745. The number of carbonyl (C=O) groups is 1. The summed E-state index contributed by atoms with van der Waals surface area (Å²) in [4.78, 5) is 35.9. The van der Waals surface area contributed by atoms with Crippen LogP contribution in [0.2, 0.25) is 0 Å². The number of hydrogen-bond acceptors (Lipinski definition) is 5. The second kappa shape index (κ2) is 11.5. The lowest BCUT2D eigenvalue weighted by Gasteiger charge is -2.24. The van der Waals surface area contributed by atoms with E-state index in [-0.39, 0.29) is 23.0 Å². The normalized spacial score (nSPS) is 12.3. The maximum atomic E-state index is 14.1. The van der Waals surface area contributed by atoms with Crippen molar-refractivity contribution in [3.05, 3.63) is 112 Å². The Morgan fingerprint density at radius 2 is 1.76 bits per heavy atom. The summed E-state index contributed by atoms with van der Waals surface area (Å²) < 4.78 is 50.9. The number of nitrogens with zero attached hydrogens (tertiary/aromatic N) is 7. The molecule has 0 bridgehead atoms. The van der Waals surface area contributed by atoms with Gasteiger partial charge in [0, 0.05) is 0 Å². The van der Waals surface area contributed by atoms with E-state index in [1.165, 1.54) is 29.9 Å². The van der Waals surface area contributed by atoms with Gasteiger partial charge in [-0.05, 0) is 57.2 Å². The Labute approximate surface area is 262 Å². The van der Waals surface area contributed by atoms with Crippen molar-refractivity contribution in [2.24, 2.45) is 0 Å². The van der Waals surface area contributed by atoms with Crippen molar-refractivity contribution in [3.63, 3.8) is 0 Å². The van der Waals surface area contributed by atoms with Crippen LogP contribution in [0, 0.1) is 13.5 Å². The van der Waals surface area contributed by atoms with Crippen LogP contribution in [0.25, 0.3) is 27.6 Å². The van der Waals surface area contributed by atoms with E-state index in [1.54, 1.807) is 50.4 Å². The summed E-state index contributed by atoms with van der Waals surface area (Å²) in [6, 6.07) is 11.6. The summed E-state index contributed by atoms with van der Waals surface area (Å²) in [5, 5.41) is 7.20. The van der Waals surface area contributed by atoms with E-state index in [4.69, 9.17) is 11.0 Å².